The number of benzene rings is 1. The van der Waals surface area contributed by atoms with Crippen LogP contribution >= 0.6 is 0 Å². The Labute approximate surface area is 167 Å². The smallest absolute Gasteiger partial charge is 0.307 e. The fraction of sp³-hybridized carbons (Fsp3) is 0.182. The van der Waals surface area contributed by atoms with Crippen molar-refractivity contribution in [3.8, 4) is 0 Å². The van der Waals surface area contributed by atoms with Gasteiger partial charge < -0.3 is 10.1 Å². The van der Waals surface area contributed by atoms with Crippen LogP contribution in [-0.2, 0) is 20.9 Å². The molecule has 0 bridgehead atoms. The number of nitrogens with one attached hydrogen (secondary N) is 1. The number of esters is 1. The van der Waals surface area contributed by atoms with E-state index in [0.29, 0.717) is 11.3 Å². The number of ether oxygens (including phenoxy) is 1. The topological polar surface area (TPSA) is 89.8 Å². The largest absolute Gasteiger partial charge is 0.459 e. The lowest BCUT2D eigenvalue weighted by Crippen LogP contribution is -2.24. The summed E-state index contributed by atoms with van der Waals surface area (Å²) in [6.07, 6.45) is 4.77. The Morgan fingerprint density at radius 2 is 1.97 bits per heavy atom. The van der Waals surface area contributed by atoms with Crippen LogP contribution in [0.25, 0.3) is 11.7 Å². The van der Waals surface area contributed by atoms with Gasteiger partial charge >= 0.3 is 5.97 Å². The number of amides is 1. The third-order valence-electron chi connectivity index (χ3n) is 4.18. The van der Waals surface area contributed by atoms with Crippen molar-refractivity contribution >= 4 is 23.6 Å². The average Bonchev–Trinajstić information content (AvgIpc) is 2.72. The van der Waals surface area contributed by atoms with Gasteiger partial charge in [0.2, 0.25) is 5.91 Å². The minimum Gasteiger partial charge on any atom is -0.459 e. The zero-order chi connectivity index (χ0) is 20.6. The van der Waals surface area contributed by atoms with Gasteiger partial charge in [-0.1, -0.05) is 36.4 Å². The van der Waals surface area contributed by atoms with Crippen LogP contribution in [-0.4, -0.2) is 27.8 Å². The average molecular weight is 391 g/mol. The van der Waals surface area contributed by atoms with Crippen molar-refractivity contribution in [3.05, 3.63) is 88.0 Å². The maximum Gasteiger partial charge on any atom is 0.307 e. The second-order valence-electron chi connectivity index (χ2n) is 6.42. The molecular weight excluding hydrogens is 370 g/mol. The summed E-state index contributed by atoms with van der Waals surface area (Å²) >= 11 is 0. The Morgan fingerprint density at radius 1 is 1.17 bits per heavy atom. The summed E-state index contributed by atoms with van der Waals surface area (Å²) in [5, 5.41) is 2.63. The number of aromatic nitrogens is 2. The Morgan fingerprint density at radius 3 is 2.76 bits per heavy atom. The second kappa shape index (κ2) is 9.45. The number of carbonyl (C=O) groups excluding carboxylic acids is 2. The number of rotatable bonds is 7. The SMILES string of the molecule is Cc1cccn2c(=O)cc(COC(=O)CCNC(=O)/C=C/c3ccccc3)nc12. The summed E-state index contributed by atoms with van der Waals surface area (Å²) in [7, 11) is 0. The molecule has 3 rings (SSSR count). The van der Waals surface area contributed by atoms with E-state index in [4.69, 9.17) is 4.74 Å². The highest BCUT2D eigenvalue weighted by Crippen LogP contribution is 2.06. The van der Waals surface area contributed by atoms with Crippen LogP contribution in [0.2, 0.25) is 0 Å². The predicted octanol–water partition coefficient (Wildman–Crippen LogP) is 2.27. The van der Waals surface area contributed by atoms with Crippen LogP contribution in [0.1, 0.15) is 23.2 Å². The van der Waals surface area contributed by atoms with Crippen molar-refractivity contribution < 1.29 is 14.3 Å². The monoisotopic (exact) mass is 391 g/mol. The molecule has 1 aromatic carbocycles. The first-order valence-corrected chi connectivity index (χ1v) is 9.17. The van der Waals surface area contributed by atoms with Crippen LogP contribution in [0.3, 0.4) is 0 Å². The molecule has 2 heterocycles. The molecule has 7 heteroatoms. The maximum atomic E-state index is 12.1. The number of hydrogen-bond donors (Lipinski definition) is 1. The molecule has 0 spiro atoms. The highest BCUT2D eigenvalue weighted by Gasteiger charge is 2.08. The van der Waals surface area contributed by atoms with E-state index in [1.54, 1.807) is 18.3 Å². The van der Waals surface area contributed by atoms with Crippen molar-refractivity contribution in [2.75, 3.05) is 6.54 Å². The lowest BCUT2D eigenvalue weighted by molar-refractivity contribution is -0.144. The molecule has 2 aromatic heterocycles. The second-order valence-corrected chi connectivity index (χ2v) is 6.42. The Balaban J connectivity index is 1.46. The molecule has 1 N–H and O–H groups in total. The van der Waals surface area contributed by atoms with Gasteiger partial charge in [-0.15, -0.1) is 0 Å². The van der Waals surface area contributed by atoms with E-state index in [9.17, 15) is 14.4 Å². The highest BCUT2D eigenvalue weighted by atomic mass is 16.5. The summed E-state index contributed by atoms with van der Waals surface area (Å²) in [4.78, 5) is 40.2. The molecule has 0 atom stereocenters. The van der Waals surface area contributed by atoms with Gasteiger partial charge in [-0.2, -0.15) is 0 Å². The molecule has 0 unspecified atom stereocenters. The standard InChI is InChI=1S/C22H21N3O4/c1-16-6-5-13-25-20(27)14-18(24-22(16)25)15-29-21(28)11-12-23-19(26)10-9-17-7-3-2-4-8-17/h2-10,13-14H,11-12,15H2,1H3,(H,23,26)/b10-9+. The van der Waals surface area contributed by atoms with Gasteiger partial charge in [0.05, 0.1) is 12.1 Å². The fourth-order valence-corrected chi connectivity index (χ4v) is 2.69. The molecule has 3 aromatic rings. The maximum absolute atomic E-state index is 12.1. The molecule has 1 amide bonds. The van der Waals surface area contributed by atoms with E-state index in [0.717, 1.165) is 11.1 Å². The van der Waals surface area contributed by atoms with Crippen LogP contribution in [0, 0.1) is 6.92 Å². The molecule has 0 saturated heterocycles. The molecular formula is C22H21N3O4. The molecule has 0 aliphatic heterocycles. The van der Waals surface area contributed by atoms with E-state index in [1.807, 2.05) is 43.3 Å². The van der Waals surface area contributed by atoms with Gasteiger partial charge in [0.25, 0.3) is 5.56 Å². The van der Waals surface area contributed by atoms with E-state index >= 15 is 0 Å². The lowest BCUT2D eigenvalue weighted by atomic mass is 10.2. The van der Waals surface area contributed by atoms with Crippen molar-refractivity contribution in [3.63, 3.8) is 0 Å². The first-order valence-electron chi connectivity index (χ1n) is 9.17. The first-order chi connectivity index (χ1) is 14.0. The van der Waals surface area contributed by atoms with E-state index in [2.05, 4.69) is 10.3 Å². The normalized spacial score (nSPS) is 10.9. The molecule has 29 heavy (non-hydrogen) atoms. The lowest BCUT2D eigenvalue weighted by Gasteiger charge is -2.07. The minimum absolute atomic E-state index is 0.0243. The zero-order valence-electron chi connectivity index (χ0n) is 16.0. The molecule has 0 saturated carbocycles. The Bertz CT molecular complexity index is 1100. The number of carbonyl (C=O) groups is 2. The van der Waals surface area contributed by atoms with E-state index in [-0.39, 0.29) is 31.0 Å². The van der Waals surface area contributed by atoms with Gasteiger partial charge in [-0.3, -0.25) is 18.8 Å². The predicted molar refractivity (Wildman–Crippen MR) is 109 cm³/mol. The van der Waals surface area contributed by atoms with Crippen LogP contribution in [0.5, 0.6) is 0 Å². The van der Waals surface area contributed by atoms with E-state index in [1.165, 1.54) is 16.5 Å². The number of fused-ring (bicyclic) bond motifs is 1. The van der Waals surface area contributed by atoms with Gasteiger partial charge in [0.15, 0.2) is 0 Å². The van der Waals surface area contributed by atoms with Crippen molar-refractivity contribution in [1.29, 1.82) is 0 Å². The quantitative estimate of drug-likeness (QED) is 0.493. The fourth-order valence-electron chi connectivity index (χ4n) is 2.69. The number of aryl methyl sites for hydroxylation is 1. The Hall–Kier alpha value is -3.74. The molecule has 0 aliphatic carbocycles. The molecule has 0 radical (unpaired) electrons. The van der Waals surface area contributed by atoms with Gasteiger partial charge in [0.1, 0.15) is 12.3 Å². The van der Waals surface area contributed by atoms with Crippen LogP contribution in [0.15, 0.2) is 65.6 Å². The van der Waals surface area contributed by atoms with Gasteiger partial charge in [-0.05, 0) is 30.2 Å². The summed E-state index contributed by atoms with van der Waals surface area (Å²) < 4.78 is 6.61. The highest BCUT2D eigenvalue weighted by molar-refractivity contribution is 5.91. The number of hydrogen-bond acceptors (Lipinski definition) is 5. The summed E-state index contributed by atoms with van der Waals surface area (Å²) in [5.41, 5.74) is 2.44. The van der Waals surface area contributed by atoms with Crippen LogP contribution < -0.4 is 10.9 Å². The third-order valence-corrected chi connectivity index (χ3v) is 4.18. The van der Waals surface area contributed by atoms with Crippen LogP contribution in [0.4, 0.5) is 0 Å². The summed E-state index contributed by atoms with van der Waals surface area (Å²) in [6.45, 7) is 1.91. The van der Waals surface area contributed by atoms with Crippen molar-refractivity contribution in [2.24, 2.45) is 0 Å². The number of pyridine rings is 1. The third kappa shape index (κ3) is 5.62. The van der Waals surface area contributed by atoms with Gasteiger partial charge in [-0.25, -0.2) is 4.98 Å². The Kier molecular flexibility index (Phi) is 6.52. The zero-order valence-corrected chi connectivity index (χ0v) is 16.0. The molecule has 148 valence electrons. The molecule has 0 aliphatic rings. The van der Waals surface area contributed by atoms with Crippen molar-refractivity contribution in [1.82, 2.24) is 14.7 Å². The minimum atomic E-state index is -0.482. The number of nitrogens with zero attached hydrogens (tertiary/aromatic N) is 2. The molecule has 7 nitrogen and oxygen atoms in total. The van der Waals surface area contributed by atoms with E-state index < -0.39 is 5.97 Å². The summed E-state index contributed by atoms with van der Waals surface area (Å²) in [6, 6.07) is 14.4. The first kappa shape index (κ1) is 20.0. The summed E-state index contributed by atoms with van der Waals surface area (Å²) in [5.74, 6) is -0.773. The van der Waals surface area contributed by atoms with Crippen molar-refractivity contribution in [2.45, 2.75) is 20.0 Å². The van der Waals surface area contributed by atoms with Gasteiger partial charge in [0, 0.05) is 24.9 Å². The molecule has 0 fully saturated rings.